The minimum atomic E-state index is -0.428. The van der Waals surface area contributed by atoms with Crippen LogP contribution in [-0.2, 0) is 4.79 Å². The van der Waals surface area contributed by atoms with E-state index in [0.717, 1.165) is 25.9 Å². The molecule has 128 valence electrons. The molecule has 2 rings (SSSR count). The summed E-state index contributed by atoms with van der Waals surface area (Å²) in [5.41, 5.74) is 1.05. The predicted molar refractivity (Wildman–Crippen MR) is 93.1 cm³/mol. The highest BCUT2D eigenvalue weighted by Gasteiger charge is 2.22. The number of piperidine rings is 1. The zero-order valence-electron chi connectivity index (χ0n) is 13.5. The van der Waals surface area contributed by atoms with E-state index in [1.807, 2.05) is 0 Å². The zero-order chi connectivity index (χ0) is 16.1. The van der Waals surface area contributed by atoms with Crippen LogP contribution in [0.3, 0.4) is 0 Å². The maximum absolute atomic E-state index is 12.2. The van der Waals surface area contributed by atoms with Gasteiger partial charge in [0.1, 0.15) is 0 Å². The number of nitrogens with one attached hydrogen (secondary N) is 2. The van der Waals surface area contributed by atoms with Crippen LogP contribution in [0.1, 0.15) is 31.7 Å². The van der Waals surface area contributed by atoms with Crippen molar-refractivity contribution < 1.29 is 9.72 Å². The number of carbonyl (C=O) groups excluding carboxylic acids is 1. The molecule has 6 nitrogen and oxygen atoms in total. The number of benzene rings is 1. The molecule has 1 aromatic rings. The molecule has 2 N–H and O–H groups in total. The van der Waals surface area contributed by atoms with Gasteiger partial charge < -0.3 is 10.6 Å². The fraction of sp³-hybridized carbons (Fsp3) is 0.562. The fourth-order valence-electron chi connectivity index (χ4n) is 3.03. The van der Waals surface area contributed by atoms with E-state index in [2.05, 4.69) is 17.6 Å². The molecule has 1 aliphatic heterocycles. The van der Waals surface area contributed by atoms with Gasteiger partial charge in [-0.25, -0.2) is 0 Å². The highest BCUT2D eigenvalue weighted by Crippen LogP contribution is 2.27. The van der Waals surface area contributed by atoms with Crippen molar-refractivity contribution >= 4 is 29.7 Å². The number of nitrogens with zero attached hydrogens (tertiary/aromatic N) is 1. The lowest BCUT2D eigenvalue weighted by molar-refractivity contribution is -0.385. The Balaban J connectivity index is 0.00000264. The Labute approximate surface area is 142 Å². The standard InChI is InChI=1S/C16H23N3O3.ClH/c1-11(13-6-8-17-9-7-13)10-16(20)18-14-4-3-5-15(12(14)2)19(21)22;/h3-5,11,13,17H,6-10H2,1-2H3,(H,18,20);1H. The van der Waals surface area contributed by atoms with Crippen molar-refractivity contribution in [2.45, 2.75) is 33.1 Å². The summed E-state index contributed by atoms with van der Waals surface area (Å²) in [6.45, 7) is 5.79. The van der Waals surface area contributed by atoms with Crippen LogP contribution in [0.4, 0.5) is 11.4 Å². The van der Waals surface area contributed by atoms with Crippen molar-refractivity contribution in [3.05, 3.63) is 33.9 Å². The van der Waals surface area contributed by atoms with E-state index < -0.39 is 4.92 Å². The van der Waals surface area contributed by atoms with Gasteiger partial charge in [0, 0.05) is 12.5 Å². The first kappa shape index (κ1) is 19.4. The number of nitro groups is 1. The second-order valence-corrected chi connectivity index (χ2v) is 6.02. The third kappa shape index (κ3) is 5.18. The van der Waals surface area contributed by atoms with E-state index in [4.69, 9.17) is 0 Å². The summed E-state index contributed by atoms with van der Waals surface area (Å²) < 4.78 is 0. The van der Waals surface area contributed by atoms with Gasteiger partial charge in [-0.05, 0) is 50.8 Å². The normalized spacial score (nSPS) is 16.3. The largest absolute Gasteiger partial charge is 0.326 e. The molecule has 0 aromatic heterocycles. The minimum Gasteiger partial charge on any atom is -0.326 e. The first-order valence-corrected chi connectivity index (χ1v) is 7.73. The Kier molecular flexibility index (Phi) is 7.45. The van der Waals surface area contributed by atoms with E-state index in [1.54, 1.807) is 19.1 Å². The molecular formula is C16H24ClN3O3. The van der Waals surface area contributed by atoms with Crippen molar-refractivity contribution in [1.82, 2.24) is 5.32 Å². The van der Waals surface area contributed by atoms with Gasteiger partial charge >= 0.3 is 0 Å². The Morgan fingerprint density at radius 2 is 2.09 bits per heavy atom. The molecule has 1 unspecified atom stereocenters. The summed E-state index contributed by atoms with van der Waals surface area (Å²) in [4.78, 5) is 22.7. The van der Waals surface area contributed by atoms with Crippen molar-refractivity contribution in [1.29, 1.82) is 0 Å². The third-order valence-electron chi connectivity index (χ3n) is 4.47. The summed E-state index contributed by atoms with van der Waals surface area (Å²) in [5.74, 6) is 0.814. The summed E-state index contributed by atoms with van der Waals surface area (Å²) >= 11 is 0. The molecule has 1 atom stereocenters. The highest BCUT2D eigenvalue weighted by atomic mass is 35.5. The molecule has 0 saturated carbocycles. The van der Waals surface area contributed by atoms with Gasteiger partial charge in [0.05, 0.1) is 16.2 Å². The van der Waals surface area contributed by atoms with Crippen LogP contribution in [0, 0.1) is 28.9 Å². The first-order valence-electron chi connectivity index (χ1n) is 7.73. The average molecular weight is 342 g/mol. The summed E-state index contributed by atoms with van der Waals surface area (Å²) in [7, 11) is 0. The van der Waals surface area contributed by atoms with Gasteiger partial charge in [-0.15, -0.1) is 12.4 Å². The number of rotatable bonds is 5. The van der Waals surface area contributed by atoms with Gasteiger partial charge in [0.15, 0.2) is 0 Å². The van der Waals surface area contributed by atoms with Crippen LogP contribution >= 0.6 is 12.4 Å². The van der Waals surface area contributed by atoms with Gasteiger partial charge in [-0.1, -0.05) is 13.0 Å². The maximum atomic E-state index is 12.2. The SMILES string of the molecule is Cc1c(NC(=O)CC(C)C2CCNCC2)cccc1[N+](=O)[O-].Cl. The maximum Gasteiger partial charge on any atom is 0.274 e. The number of anilines is 1. The minimum absolute atomic E-state index is 0. The lowest BCUT2D eigenvalue weighted by atomic mass is 9.84. The van der Waals surface area contributed by atoms with Crippen molar-refractivity contribution in [2.75, 3.05) is 18.4 Å². The van der Waals surface area contributed by atoms with E-state index in [-0.39, 0.29) is 24.0 Å². The summed E-state index contributed by atoms with van der Waals surface area (Å²) in [5, 5.41) is 17.1. The molecule has 7 heteroatoms. The van der Waals surface area contributed by atoms with Gasteiger partial charge in [-0.3, -0.25) is 14.9 Å². The Bertz CT molecular complexity index is 560. The molecular weight excluding hydrogens is 318 g/mol. The third-order valence-corrected chi connectivity index (χ3v) is 4.47. The molecule has 1 heterocycles. The smallest absolute Gasteiger partial charge is 0.274 e. The van der Waals surface area contributed by atoms with E-state index >= 15 is 0 Å². The topological polar surface area (TPSA) is 84.3 Å². The molecule has 1 aromatic carbocycles. The lowest BCUT2D eigenvalue weighted by Crippen LogP contribution is -2.32. The highest BCUT2D eigenvalue weighted by molar-refractivity contribution is 5.92. The number of carbonyl (C=O) groups is 1. The van der Waals surface area contributed by atoms with E-state index in [0.29, 0.717) is 29.5 Å². The number of hydrogen-bond acceptors (Lipinski definition) is 4. The van der Waals surface area contributed by atoms with Crippen molar-refractivity contribution in [3.8, 4) is 0 Å². The van der Waals surface area contributed by atoms with Crippen LogP contribution in [-0.4, -0.2) is 23.9 Å². The average Bonchev–Trinajstić information content (AvgIpc) is 2.50. The van der Waals surface area contributed by atoms with Crippen LogP contribution in [0.5, 0.6) is 0 Å². The Morgan fingerprint density at radius 1 is 1.43 bits per heavy atom. The van der Waals surface area contributed by atoms with Crippen molar-refractivity contribution in [2.24, 2.45) is 11.8 Å². The summed E-state index contributed by atoms with van der Waals surface area (Å²) in [6.07, 6.45) is 2.65. The van der Waals surface area contributed by atoms with Gasteiger partial charge in [0.25, 0.3) is 5.69 Å². The lowest BCUT2D eigenvalue weighted by Gasteiger charge is -2.27. The predicted octanol–water partition coefficient (Wildman–Crippen LogP) is 3.29. The molecule has 0 bridgehead atoms. The number of nitro benzene ring substituents is 1. The second-order valence-electron chi connectivity index (χ2n) is 6.02. The van der Waals surface area contributed by atoms with Crippen LogP contribution in [0.15, 0.2) is 18.2 Å². The molecule has 23 heavy (non-hydrogen) atoms. The molecule has 1 aliphatic rings. The van der Waals surface area contributed by atoms with Crippen LogP contribution < -0.4 is 10.6 Å². The second kappa shape index (κ2) is 8.84. The quantitative estimate of drug-likeness (QED) is 0.635. The van der Waals surface area contributed by atoms with Crippen LogP contribution in [0.2, 0.25) is 0 Å². The molecule has 0 radical (unpaired) electrons. The molecule has 1 saturated heterocycles. The number of hydrogen-bond donors (Lipinski definition) is 2. The number of amides is 1. The molecule has 0 spiro atoms. The zero-order valence-corrected chi connectivity index (χ0v) is 14.3. The molecule has 0 aliphatic carbocycles. The van der Waals surface area contributed by atoms with Crippen molar-refractivity contribution in [3.63, 3.8) is 0 Å². The van der Waals surface area contributed by atoms with Gasteiger partial charge in [-0.2, -0.15) is 0 Å². The van der Waals surface area contributed by atoms with E-state index in [1.165, 1.54) is 6.07 Å². The Hall–Kier alpha value is -1.66. The first-order chi connectivity index (χ1) is 10.5. The van der Waals surface area contributed by atoms with Gasteiger partial charge in [0.2, 0.25) is 5.91 Å². The number of halogens is 1. The molecule has 1 fully saturated rings. The fourth-order valence-corrected chi connectivity index (χ4v) is 3.03. The van der Waals surface area contributed by atoms with Crippen LogP contribution in [0.25, 0.3) is 0 Å². The Morgan fingerprint density at radius 3 is 2.70 bits per heavy atom. The van der Waals surface area contributed by atoms with E-state index in [9.17, 15) is 14.9 Å². The summed E-state index contributed by atoms with van der Waals surface area (Å²) in [6, 6.07) is 4.75. The monoisotopic (exact) mass is 341 g/mol. The molecule has 1 amide bonds.